The Hall–Kier alpha value is -4.49. The minimum absolute atomic E-state index is 0.0270. The van der Waals surface area contributed by atoms with Crippen LogP contribution >= 0.6 is 0 Å². The lowest BCUT2D eigenvalue weighted by Gasteiger charge is -2.27. The molecule has 42 heavy (non-hydrogen) atoms. The molecular weight excluding hydrogens is 526 g/mol. The summed E-state index contributed by atoms with van der Waals surface area (Å²) in [6.07, 6.45) is -0.113. The number of aliphatic hydroxyl groups is 1. The van der Waals surface area contributed by atoms with Gasteiger partial charge in [0.25, 0.3) is 11.8 Å². The molecule has 2 N–H and O–H groups in total. The first-order valence-electron chi connectivity index (χ1n) is 14.5. The van der Waals surface area contributed by atoms with E-state index < -0.39 is 12.1 Å². The summed E-state index contributed by atoms with van der Waals surface area (Å²) in [6, 6.07) is 25.5. The van der Waals surface area contributed by atoms with Crippen molar-refractivity contribution in [3.05, 3.63) is 107 Å². The Morgan fingerprint density at radius 2 is 1.67 bits per heavy atom. The molecule has 0 fully saturated rings. The summed E-state index contributed by atoms with van der Waals surface area (Å²) in [5, 5.41) is 15.2. The fourth-order valence-corrected chi connectivity index (χ4v) is 5.45. The van der Waals surface area contributed by atoms with Crippen LogP contribution in [0.15, 0.2) is 84.9 Å². The van der Waals surface area contributed by atoms with E-state index in [-0.39, 0.29) is 36.7 Å². The summed E-state index contributed by atoms with van der Waals surface area (Å²) in [5.41, 5.74) is 4.24. The molecule has 1 aliphatic heterocycles. The van der Waals surface area contributed by atoms with Gasteiger partial charge in [0.1, 0.15) is 6.04 Å². The van der Waals surface area contributed by atoms with Crippen molar-refractivity contribution in [1.82, 2.24) is 5.32 Å². The molecule has 4 aromatic rings. The summed E-state index contributed by atoms with van der Waals surface area (Å²) in [4.78, 5) is 44.9. The summed E-state index contributed by atoms with van der Waals surface area (Å²) < 4.78 is 0. The molecule has 1 unspecified atom stereocenters. The number of nitrogens with zero attached hydrogens (tertiary/aromatic N) is 2. The lowest BCUT2D eigenvalue weighted by Crippen LogP contribution is -2.53. The van der Waals surface area contributed by atoms with E-state index in [1.807, 2.05) is 63.2 Å². The Kier molecular flexibility index (Phi) is 8.41. The van der Waals surface area contributed by atoms with Crippen molar-refractivity contribution in [1.29, 1.82) is 0 Å². The number of benzene rings is 4. The second-order valence-electron chi connectivity index (χ2n) is 11.1. The number of hydrogen-bond acceptors (Lipinski definition) is 4. The number of rotatable bonds is 7. The number of carbonyl (C=O) groups excluding carboxylic acids is 3. The smallest absolute Gasteiger partial charge is 0.258 e. The molecule has 4 aromatic carbocycles. The summed E-state index contributed by atoms with van der Waals surface area (Å²) >= 11 is 0. The van der Waals surface area contributed by atoms with Gasteiger partial charge in [-0.15, -0.1) is 0 Å². The molecule has 0 spiro atoms. The van der Waals surface area contributed by atoms with Gasteiger partial charge in [0.05, 0.1) is 30.6 Å². The summed E-state index contributed by atoms with van der Waals surface area (Å²) in [6.45, 7) is 7.68. The van der Waals surface area contributed by atoms with Gasteiger partial charge < -0.3 is 20.2 Å². The molecule has 0 saturated carbocycles. The van der Waals surface area contributed by atoms with E-state index in [2.05, 4.69) is 23.5 Å². The molecule has 1 aliphatic rings. The van der Waals surface area contributed by atoms with Crippen LogP contribution in [0.4, 0.5) is 11.4 Å². The van der Waals surface area contributed by atoms with Gasteiger partial charge in [0.15, 0.2) is 0 Å². The van der Waals surface area contributed by atoms with Gasteiger partial charge >= 0.3 is 0 Å². The fourth-order valence-electron chi connectivity index (χ4n) is 5.45. The predicted octanol–water partition coefficient (Wildman–Crippen LogP) is 5.93. The average molecular weight is 564 g/mol. The van der Waals surface area contributed by atoms with Crippen LogP contribution in [0.5, 0.6) is 0 Å². The van der Waals surface area contributed by atoms with E-state index >= 15 is 0 Å². The predicted molar refractivity (Wildman–Crippen MR) is 166 cm³/mol. The van der Waals surface area contributed by atoms with E-state index in [9.17, 15) is 19.5 Å². The molecule has 0 saturated heterocycles. The van der Waals surface area contributed by atoms with Crippen LogP contribution in [0.25, 0.3) is 10.8 Å². The zero-order chi connectivity index (χ0) is 30.0. The van der Waals surface area contributed by atoms with Gasteiger partial charge in [-0.05, 0) is 72.0 Å². The van der Waals surface area contributed by atoms with Gasteiger partial charge in [-0.2, -0.15) is 0 Å². The van der Waals surface area contributed by atoms with Crippen LogP contribution in [0.3, 0.4) is 0 Å². The lowest BCUT2D eigenvalue weighted by molar-refractivity contribution is -0.129. The molecule has 0 bridgehead atoms. The van der Waals surface area contributed by atoms with Crippen LogP contribution < -0.4 is 15.1 Å². The summed E-state index contributed by atoms with van der Waals surface area (Å²) in [5.74, 6) is -1.11. The number of para-hydroxylation sites is 2. The number of fused-ring (bicyclic) bond motifs is 2. The molecule has 216 valence electrons. The van der Waals surface area contributed by atoms with Gasteiger partial charge in [-0.1, -0.05) is 74.5 Å². The van der Waals surface area contributed by atoms with Crippen molar-refractivity contribution in [3.63, 3.8) is 0 Å². The number of amides is 3. The Morgan fingerprint density at radius 1 is 0.952 bits per heavy atom. The van der Waals surface area contributed by atoms with Crippen LogP contribution in [0, 0.1) is 12.8 Å². The van der Waals surface area contributed by atoms with Crippen LogP contribution in [0.2, 0.25) is 0 Å². The SMILES string of the molecule is CC[C@@H](C)C(=O)N[C@H]1CN(C(=O)c2cccc(C(C)O)c2)c2ccccc2N(Cc2c(C)ccc3ccccc23)C1=O. The van der Waals surface area contributed by atoms with Crippen LogP contribution in [0.1, 0.15) is 60.3 Å². The number of nitrogens with one attached hydrogen (secondary N) is 1. The maximum Gasteiger partial charge on any atom is 0.258 e. The molecule has 3 amide bonds. The van der Waals surface area contributed by atoms with Crippen LogP contribution in [-0.4, -0.2) is 35.4 Å². The Bertz CT molecular complexity index is 1650. The van der Waals surface area contributed by atoms with E-state index in [0.29, 0.717) is 28.9 Å². The molecular formula is C35H37N3O4. The van der Waals surface area contributed by atoms with Crippen molar-refractivity contribution in [2.45, 2.75) is 52.8 Å². The highest BCUT2D eigenvalue weighted by Gasteiger charge is 2.38. The average Bonchev–Trinajstić information content (AvgIpc) is 3.12. The van der Waals surface area contributed by atoms with Crippen molar-refractivity contribution in [3.8, 4) is 0 Å². The maximum atomic E-state index is 14.4. The summed E-state index contributed by atoms with van der Waals surface area (Å²) in [7, 11) is 0. The van der Waals surface area contributed by atoms with E-state index in [0.717, 1.165) is 21.9 Å². The maximum absolute atomic E-state index is 14.4. The first-order valence-corrected chi connectivity index (χ1v) is 14.5. The van der Waals surface area contributed by atoms with E-state index in [4.69, 9.17) is 0 Å². The number of aliphatic hydroxyl groups excluding tert-OH is 1. The minimum atomic E-state index is -0.960. The van der Waals surface area contributed by atoms with E-state index in [1.54, 1.807) is 41.0 Å². The molecule has 0 aromatic heterocycles. The molecule has 1 heterocycles. The highest BCUT2D eigenvalue weighted by Crippen LogP contribution is 2.36. The zero-order valence-corrected chi connectivity index (χ0v) is 24.5. The molecule has 7 nitrogen and oxygen atoms in total. The molecule has 3 atom stereocenters. The fraction of sp³-hybridized carbons (Fsp3) is 0.286. The molecule has 0 radical (unpaired) electrons. The monoisotopic (exact) mass is 563 g/mol. The Balaban J connectivity index is 1.64. The lowest BCUT2D eigenvalue weighted by atomic mass is 9.99. The third kappa shape index (κ3) is 5.65. The van der Waals surface area contributed by atoms with Crippen molar-refractivity contribution >= 4 is 39.9 Å². The van der Waals surface area contributed by atoms with Gasteiger partial charge in [-0.3, -0.25) is 14.4 Å². The van der Waals surface area contributed by atoms with Gasteiger partial charge in [0, 0.05) is 11.5 Å². The van der Waals surface area contributed by atoms with Gasteiger partial charge in [-0.25, -0.2) is 0 Å². The van der Waals surface area contributed by atoms with Crippen molar-refractivity contribution in [2.75, 3.05) is 16.3 Å². The first-order chi connectivity index (χ1) is 20.2. The molecule has 0 aliphatic carbocycles. The number of anilines is 2. The highest BCUT2D eigenvalue weighted by molar-refractivity contribution is 6.13. The van der Waals surface area contributed by atoms with Gasteiger partial charge in [0.2, 0.25) is 5.91 Å². The minimum Gasteiger partial charge on any atom is -0.389 e. The Morgan fingerprint density at radius 3 is 2.40 bits per heavy atom. The van der Waals surface area contributed by atoms with E-state index in [1.165, 1.54) is 0 Å². The third-order valence-corrected chi connectivity index (χ3v) is 8.22. The first kappa shape index (κ1) is 29.0. The number of aryl methyl sites for hydroxylation is 1. The quantitative estimate of drug-likeness (QED) is 0.292. The molecule has 5 rings (SSSR count). The van der Waals surface area contributed by atoms with Crippen molar-refractivity contribution in [2.24, 2.45) is 5.92 Å². The normalized spacial score (nSPS) is 16.5. The second kappa shape index (κ2) is 12.2. The standard InChI is InChI=1S/C35H37N3O4/c1-5-22(2)33(40)36-30-21-38(34(41)27-13-10-12-26(19-27)24(4)39)32-16-9-8-15-31(32)37(35(30)42)20-29-23(3)17-18-25-11-6-7-14-28(25)29/h6-19,22,24,30,39H,5,20-21H2,1-4H3,(H,36,40)/t22-,24?,30+/m1/s1. The zero-order valence-electron chi connectivity index (χ0n) is 24.5. The highest BCUT2D eigenvalue weighted by atomic mass is 16.3. The van der Waals surface area contributed by atoms with Crippen LogP contribution in [-0.2, 0) is 16.1 Å². The largest absolute Gasteiger partial charge is 0.389 e. The number of hydrogen-bond donors (Lipinski definition) is 2. The third-order valence-electron chi connectivity index (χ3n) is 8.22. The van der Waals surface area contributed by atoms with Crippen molar-refractivity contribution < 1.29 is 19.5 Å². The number of carbonyl (C=O) groups is 3. The topological polar surface area (TPSA) is 89.9 Å². The molecule has 7 heteroatoms. The second-order valence-corrected chi connectivity index (χ2v) is 11.1. The Labute approximate surface area is 246 Å².